The van der Waals surface area contributed by atoms with Crippen LogP contribution in [0.15, 0.2) is 0 Å². The maximum Gasteiger partial charge on any atom is 0.127 e. The summed E-state index contributed by atoms with van der Waals surface area (Å²) in [7, 11) is 0. The van der Waals surface area contributed by atoms with Crippen LogP contribution < -0.4 is 0 Å². The van der Waals surface area contributed by atoms with Crippen molar-refractivity contribution in [1.82, 2.24) is 4.90 Å². The molecule has 0 radical (unpaired) electrons. The highest BCUT2D eigenvalue weighted by molar-refractivity contribution is 5.59. The Morgan fingerprint density at radius 3 is 2.11 bits per heavy atom. The Bertz CT molecular complexity index is 270. The van der Waals surface area contributed by atoms with Crippen LogP contribution in [0, 0.1) is 5.41 Å². The van der Waals surface area contributed by atoms with E-state index in [2.05, 4.69) is 4.90 Å². The van der Waals surface area contributed by atoms with Crippen molar-refractivity contribution in [2.45, 2.75) is 63.9 Å². The van der Waals surface area contributed by atoms with Gasteiger partial charge in [-0.05, 0) is 32.6 Å². The molecule has 0 aromatic heterocycles. The number of aldehydes is 1. The molecule has 0 aromatic rings. The van der Waals surface area contributed by atoms with Crippen LogP contribution >= 0.6 is 0 Å². The molecule has 0 amide bonds. The minimum Gasteiger partial charge on any atom is -0.390 e. The fourth-order valence-corrected chi connectivity index (χ4v) is 3.38. The van der Waals surface area contributed by atoms with E-state index < -0.39 is 5.60 Å². The predicted octanol–water partition coefficient (Wildman–Crippen LogP) is 2.37. The Kier molecular flexibility index (Phi) is 4.44. The van der Waals surface area contributed by atoms with E-state index in [0.29, 0.717) is 0 Å². The van der Waals surface area contributed by atoms with E-state index in [1.54, 1.807) is 0 Å². The van der Waals surface area contributed by atoms with Crippen molar-refractivity contribution in [2.24, 2.45) is 5.41 Å². The minimum absolute atomic E-state index is 0.0975. The molecule has 1 saturated carbocycles. The zero-order valence-corrected chi connectivity index (χ0v) is 11.7. The molecule has 1 aliphatic carbocycles. The molecule has 2 fully saturated rings. The molecule has 2 aliphatic rings. The average Bonchev–Trinajstić information content (AvgIpc) is 2.58. The van der Waals surface area contributed by atoms with Crippen molar-refractivity contribution in [2.75, 3.05) is 19.6 Å². The van der Waals surface area contributed by atoms with E-state index >= 15 is 0 Å². The lowest BCUT2D eigenvalue weighted by Gasteiger charge is -2.40. The number of rotatable bonds is 3. The Morgan fingerprint density at radius 1 is 1.06 bits per heavy atom. The van der Waals surface area contributed by atoms with Crippen LogP contribution in [0.4, 0.5) is 0 Å². The number of carbonyl (C=O) groups is 1. The summed E-state index contributed by atoms with van der Waals surface area (Å²) in [5.41, 5.74) is -0.589. The average molecular weight is 253 g/mol. The molecule has 1 aliphatic heterocycles. The number of hydrogen-bond donors (Lipinski definition) is 1. The quantitative estimate of drug-likeness (QED) is 0.620. The highest BCUT2D eigenvalue weighted by Gasteiger charge is 2.35. The van der Waals surface area contributed by atoms with Gasteiger partial charge in [0.05, 0.1) is 5.60 Å². The molecule has 3 nitrogen and oxygen atoms in total. The maximum absolute atomic E-state index is 11.6. The second kappa shape index (κ2) is 5.70. The number of hydrogen-bond acceptors (Lipinski definition) is 3. The molecule has 0 atom stereocenters. The molecule has 3 heteroatoms. The topological polar surface area (TPSA) is 40.5 Å². The van der Waals surface area contributed by atoms with Crippen LogP contribution in [0.3, 0.4) is 0 Å². The molecule has 1 saturated heterocycles. The molecular formula is C15H27NO2. The van der Waals surface area contributed by atoms with Gasteiger partial charge in [0, 0.05) is 25.0 Å². The van der Waals surface area contributed by atoms with Gasteiger partial charge in [0.15, 0.2) is 0 Å². The fraction of sp³-hybridized carbons (Fsp3) is 0.933. The summed E-state index contributed by atoms with van der Waals surface area (Å²) in [5, 5.41) is 9.97. The molecule has 1 N–H and O–H groups in total. The van der Waals surface area contributed by atoms with Gasteiger partial charge in [-0.15, -0.1) is 0 Å². The van der Waals surface area contributed by atoms with Crippen LogP contribution in [0.5, 0.6) is 0 Å². The molecule has 1 heterocycles. The fourth-order valence-electron chi connectivity index (χ4n) is 3.38. The van der Waals surface area contributed by atoms with Gasteiger partial charge in [-0.1, -0.05) is 25.7 Å². The van der Waals surface area contributed by atoms with Gasteiger partial charge < -0.3 is 14.8 Å². The first-order chi connectivity index (χ1) is 8.55. The third-order valence-corrected chi connectivity index (χ3v) is 4.82. The Labute approximate surface area is 111 Å². The molecule has 18 heavy (non-hydrogen) atoms. The molecule has 0 bridgehead atoms. The summed E-state index contributed by atoms with van der Waals surface area (Å²) >= 11 is 0. The maximum atomic E-state index is 11.6. The van der Waals surface area contributed by atoms with E-state index in [1.807, 2.05) is 6.92 Å². The lowest BCUT2D eigenvalue weighted by atomic mass is 9.80. The van der Waals surface area contributed by atoms with Crippen LogP contribution in [0.25, 0.3) is 0 Å². The van der Waals surface area contributed by atoms with Gasteiger partial charge in [-0.25, -0.2) is 0 Å². The third-order valence-electron chi connectivity index (χ3n) is 4.82. The number of piperidine rings is 1. The van der Waals surface area contributed by atoms with Crippen molar-refractivity contribution < 1.29 is 9.90 Å². The molecule has 0 spiro atoms. The number of nitrogens with zero attached hydrogens (tertiary/aromatic N) is 1. The number of likely N-dealkylation sites (tertiary alicyclic amines) is 1. The van der Waals surface area contributed by atoms with Crippen LogP contribution in [-0.2, 0) is 4.79 Å². The lowest BCUT2D eigenvalue weighted by molar-refractivity contribution is -0.118. The Morgan fingerprint density at radius 2 is 1.61 bits per heavy atom. The summed E-state index contributed by atoms with van der Waals surface area (Å²) < 4.78 is 0. The van der Waals surface area contributed by atoms with Crippen molar-refractivity contribution in [1.29, 1.82) is 0 Å². The Hall–Kier alpha value is -0.410. The van der Waals surface area contributed by atoms with Crippen LogP contribution in [0.1, 0.15) is 58.3 Å². The minimum atomic E-state index is -0.492. The third kappa shape index (κ3) is 3.55. The smallest absolute Gasteiger partial charge is 0.127 e. The van der Waals surface area contributed by atoms with Gasteiger partial charge in [-0.2, -0.15) is 0 Å². The van der Waals surface area contributed by atoms with E-state index in [4.69, 9.17) is 0 Å². The standard InChI is InChI=1S/C15H27NO2/c1-14(18)8-10-16(11-9-14)12-15(13-17)6-4-2-3-5-7-15/h13,18H,2-12H2,1H3. The van der Waals surface area contributed by atoms with Gasteiger partial charge in [0.25, 0.3) is 0 Å². The first-order valence-corrected chi connectivity index (χ1v) is 7.46. The zero-order valence-electron chi connectivity index (χ0n) is 11.7. The summed E-state index contributed by atoms with van der Waals surface area (Å²) in [4.78, 5) is 13.9. The van der Waals surface area contributed by atoms with E-state index in [9.17, 15) is 9.90 Å². The lowest BCUT2D eigenvalue weighted by Crippen LogP contribution is -2.47. The highest BCUT2D eigenvalue weighted by Crippen LogP contribution is 2.35. The number of carbonyl (C=O) groups excluding carboxylic acids is 1. The van der Waals surface area contributed by atoms with Gasteiger partial charge in [0.1, 0.15) is 6.29 Å². The van der Waals surface area contributed by atoms with E-state index in [-0.39, 0.29) is 5.41 Å². The molecule has 2 rings (SSSR count). The van der Waals surface area contributed by atoms with Crippen LogP contribution in [-0.4, -0.2) is 41.5 Å². The molecule has 0 unspecified atom stereocenters. The van der Waals surface area contributed by atoms with Gasteiger partial charge in [-0.3, -0.25) is 0 Å². The first-order valence-electron chi connectivity index (χ1n) is 7.46. The van der Waals surface area contributed by atoms with Crippen molar-refractivity contribution >= 4 is 6.29 Å². The predicted molar refractivity (Wildman–Crippen MR) is 72.5 cm³/mol. The van der Waals surface area contributed by atoms with Crippen molar-refractivity contribution in [3.8, 4) is 0 Å². The summed E-state index contributed by atoms with van der Waals surface area (Å²) in [6.07, 6.45) is 9.98. The molecule has 104 valence electrons. The Balaban J connectivity index is 1.92. The van der Waals surface area contributed by atoms with Crippen molar-refractivity contribution in [3.05, 3.63) is 0 Å². The monoisotopic (exact) mass is 253 g/mol. The number of aliphatic hydroxyl groups is 1. The first kappa shape index (κ1) is 14.0. The second-order valence-corrected chi connectivity index (χ2v) is 6.67. The van der Waals surface area contributed by atoms with Gasteiger partial charge >= 0.3 is 0 Å². The summed E-state index contributed by atoms with van der Waals surface area (Å²) in [6.45, 7) is 4.70. The van der Waals surface area contributed by atoms with E-state index in [0.717, 1.165) is 45.3 Å². The van der Waals surface area contributed by atoms with E-state index in [1.165, 1.54) is 32.0 Å². The molecule has 0 aromatic carbocycles. The zero-order chi connectivity index (χ0) is 13.1. The normalized spacial score (nSPS) is 28.6. The molecular weight excluding hydrogens is 226 g/mol. The summed E-state index contributed by atoms with van der Waals surface area (Å²) in [5.74, 6) is 0. The SMILES string of the molecule is CC1(O)CCN(CC2(C=O)CCCCCC2)CC1. The largest absolute Gasteiger partial charge is 0.390 e. The second-order valence-electron chi connectivity index (χ2n) is 6.67. The summed E-state index contributed by atoms with van der Waals surface area (Å²) in [6, 6.07) is 0. The van der Waals surface area contributed by atoms with Crippen molar-refractivity contribution in [3.63, 3.8) is 0 Å². The van der Waals surface area contributed by atoms with Crippen LogP contribution in [0.2, 0.25) is 0 Å². The highest BCUT2D eigenvalue weighted by atomic mass is 16.3. The van der Waals surface area contributed by atoms with Gasteiger partial charge in [0.2, 0.25) is 0 Å².